The second-order valence-corrected chi connectivity index (χ2v) is 17.2. The van der Waals surface area contributed by atoms with Crippen LogP contribution in [0.3, 0.4) is 0 Å². The lowest BCUT2D eigenvalue weighted by atomic mass is 10.0. The van der Waals surface area contributed by atoms with Crippen LogP contribution in [-0.2, 0) is 6.54 Å². The van der Waals surface area contributed by atoms with E-state index in [-0.39, 0.29) is 0 Å². The van der Waals surface area contributed by atoms with Gasteiger partial charge >= 0.3 is 0 Å². The van der Waals surface area contributed by atoms with Crippen molar-refractivity contribution in [3.63, 3.8) is 0 Å². The van der Waals surface area contributed by atoms with E-state index in [9.17, 15) is 0 Å². The highest BCUT2D eigenvalue weighted by molar-refractivity contribution is 7.26. The summed E-state index contributed by atoms with van der Waals surface area (Å²) in [6, 6.07) is 62.4. The topological polar surface area (TPSA) is 4.93 Å². The second-order valence-electron chi connectivity index (χ2n) is 16.2. The molecule has 0 saturated heterocycles. The first-order valence-corrected chi connectivity index (χ1v) is 22.5. The van der Waals surface area contributed by atoms with E-state index in [2.05, 4.69) is 206 Å². The van der Waals surface area contributed by atoms with Crippen LogP contribution in [0.5, 0.6) is 0 Å². The van der Waals surface area contributed by atoms with Crippen molar-refractivity contribution in [1.29, 1.82) is 0 Å². The van der Waals surface area contributed by atoms with Gasteiger partial charge in [-0.25, -0.2) is 0 Å². The number of aromatic nitrogens is 1. The molecular formula is C58H49NS. The Morgan fingerprint density at radius 1 is 0.400 bits per heavy atom. The van der Waals surface area contributed by atoms with Gasteiger partial charge in [0, 0.05) is 53.8 Å². The summed E-state index contributed by atoms with van der Waals surface area (Å²) in [4.78, 5) is 0. The van der Waals surface area contributed by atoms with Crippen molar-refractivity contribution >= 4 is 88.4 Å². The number of aryl methyl sites for hydroxylation is 1. The van der Waals surface area contributed by atoms with E-state index in [0.29, 0.717) is 0 Å². The van der Waals surface area contributed by atoms with Crippen LogP contribution in [-0.4, -0.2) is 4.57 Å². The Morgan fingerprint density at radius 2 is 0.850 bits per heavy atom. The van der Waals surface area contributed by atoms with Crippen LogP contribution in [0.4, 0.5) is 0 Å². The summed E-state index contributed by atoms with van der Waals surface area (Å²) < 4.78 is 5.35. The van der Waals surface area contributed by atoms with Crippen LogP contribution >= 0.6 is 11.3 Å². The minimum absolute atomic E-state index is 1.02. The van der Waals surface area contributed by atoms with Crippen molar-refractivity contribution in [3.05, 3.63) is 192 Å². The molecule has 0 unspecified atom stereocenters. The smallest absolute Gasteiger partial charge is 0.0571 e. The lowest BCUT2D eigenvalue weighted by Crippen LogP contribution is -1.98. The molecule has 8 aromatic carbocycles. The van der Waals surface area contributed by atoms with Gasteiger partial charge in [-0.1, -0.05) is 221 Å². The molecule has 0 N–H and O–H groups in total. The molecule has 10 aromatic rings. The third-order valence-electron chi connectivity index (χ3n) is 12.2. The number of thiophene rings is 1. The summed E-state index contributed by atoms with van der Waals surface area (Å²) >= 11 is 1.93. The Bertz CT molecular complexity index is 3140. The Hall–Kier alpha value is -6.48. The van der Waals surface area contributed by atoms with Crippen molar-refractivity contribution in [2.75, 3.05) is 0 Å². The molecular weight excluding hydrogens is 743 g/mol. The van der Waals surface area contributed by atoms with Crippen molar-refractivity contribution in [2.45, 2.75) is 52.0 Å². The maximum Gasteiger partial charge on any atom is 0.0571 e. The van der Waals surface area contributed by atoms with Gasteiger partial charge in [0.25, 0.3) is 0 Å². The van der Waals surface area contributed by atoms with Crippen LogP contribution in [0.1, 0.15) is 67.7 Å². The SMILES string of the molecule is CCCCCCCCn1c2cc(/C=C/c3ccc(-c4ccccc4)cc3)ccc2c2ccc3c(ccc4c5ccc(/C=C/c6ccc(-c7ccccc7)cc6)cc5sc43)c21. The third kappa shape index (κ3) is 7.60. The van der Waals surface area contributed by atoms with Gasteiger partial charge in [-0.05, 0) is 63.1 Å². The van der Waals surface area contributed by atoms with Gasteiger partial charge in [0.15, 0.2) is 0 Å². The van der Waals surface area contributed by atoms with Gasteiger partial charge < -0.3 is 4.57 Å². The molecule has 0 fully saturated rings. The Labute approximate surface area is 357 Å². The third-order valence-corrected chi connectivity index (χ3v) is 13.4. The van der Waals surface area contributed by atoms with Crippen molar-refractivity contribution in [3.8, 4) is 22.3 Å². The summed E-state index contributed by atoms with van der Waals surface area (Å²) in [5, 5.41) is 8.06. The van der Waals surface area contributed by atoms with Crippen LogP contribution in [0, 0.1) is 0 Å². The molecule has 292 valence electrons. The highest BCUT2D eigenvalue weighted by Gasteiger charge is 2.17. The molecule has 1 nitrogen and oxygen atoms in total. The first-order valence-electron chi connectivity index (χ1n) is 21.7. The lowest BCUT2D eigenvalue weighted by Gasteiger charge is -2.11. The van der Waals surface area contributed by atoms with Gasteiger partial charge in [0.05, 0.1) is 5.52 Å². The van der Waals surface area contributed by atoms with Crippen LogP contribution in [0.2, 0.25) is 0 Å². The molecule has 0 aliphatic carbocycles. The maximum atomic E-state index is 2.65. The Morgan fingerprint density at radius 3 is 1.47 bits per heavy atom. The number of hydrogen-bond donors (Lipinski definition) is 0. The van der Waals surface area contributed by atoms with E-state index in [1.165, 1.54) is 136 Å². The zero-order valence-electron chi connectivity index (χ0n) is 34.3. The number of fused-ring (bicyclic) bond motifs is 9. The molecule has 60 heavy (non-hydrogen) atoms. The van der Waals surface area contributed by atoms with E-state index in [1.807, 2.05) is 11.3 Å². The molecule has 0 radical (unpaired) electrons. The average Bonchev–Trinajstić information content (AvgIpc) is 3.84. The fourth-order valence-corrected chi connectivity index (χ4v) is 10.3. The van der Waals surface area contributed by atoms with Gasteiger partial charge in [0.1, 0.15) is 0 Å². The molecule has 2 heterocycles. The number of nitrogens with zero attached hydrogens (tertiary/aromatic N) is 1. The second kappa shape index (κ2) is 17.0. The summed E-state index contributed by atoms with van der Waals surface area (Å²) in [7, 11) is 0. The van der Waals surface area contributed by atoms with Crippen molar-refractivity contribution in [1.82, 2.24) is 4.57 Å². The first-order chi connectivity index (χ1) is 29.7. The predicted molar refractivity (Wildman–Crippen MR) is 265 cm³/mol. The molecule has 0 bridgehead atoms. The molecule has 0 aliphatic heterocycles. The lowest BCUT2D eigenvalue weighted by molar-refractivity contribution is 0.571. The molecule has 0 saturated carbocycles. The van der Waals surface area contributed by atoms with E-state index in [0.717, 1.165) is 6.54 Å². The molecule has 0 amide bonds. The van der Waals surface area contributed by atoms with Crippen LogP contribution < -0.4 is 0 Å². The van der Waals surface area contributed by atoms with Crippen molar-refractivity contribution in [2.24, 2.45) is 0 Å². The summed E-state index contributed by atoms with van der Waals surface area (Å²) in [5.41, 5.74) is 12.5. The van der Waals surface area contributed by atoms with E-state index in [1.54, 1.807) is 0 Å². The predicted octanol–water partition coefficient (Wildman–Crippen LogP) is 17.4. The Kier molecular flexibility index (Phi) is 10.7. The quantitative estimate of drug-likeness (QED) is 0.0810. The summed E-state index contributed by atoms with van der Waals surface area (Å²) in [6.07, 6.45) is 16.7. The first kappa shape index (κ1) is 37.8. The largest absolute Gasteiger partial charge is 0.340 e. The van der Waals surface area contributed by atoms with Gasteiger partial charge in [-0.2, -0.15) is 0 Å². The fourth-order valence-electron chi connectivity index (χ4n) is 8.98. The molecule has 10 rings (SSSR count). The van der Waals surface area contributed by atoms with Gasteiger partial charge in [-0.15, -0.1) is 11.3 Å². The molecule has 2 heteroatoms. The summed E-state index contributed by atoms with van der Waals surface area (Å²) in [6.45, 7) is 3.32. The standard InChI is InChI=1S/C58H49NS/c1-2-3-4-5-6-13-38-59-55-39-43(20-18-41-22-28-47(29-23-41)45-14-9-7-10-15-45)26-32-49(55)51-34-37-54-52(57(51)59)35-36-53-50-33-27-44(40-56(50)60-58(53)54)21-19-42-24-30-48(31-25-42)46-16-11-8-12-17-46/h7-12,14-37,39-40H,2-6,13,38H2,1H3/b20-18+,21-19+. The Balaban J connectivity index is 0.989. The summed E-state index contributed by atoms with van der Waals surface area (Å²) in [5.74, 6) is 0. The molecule has 0 atom stereocenters. The number of rotatable bonds is 13. The van der Waals surface area contributed by atoms with Gasteiger partial charge in [0.2, 0.25) is 0 Å². The van der Waals surface area contributed by atoms with E-state index in [4.69, 9.17) is 0 Å². The van der Waals surface area contributed by atoms with Gasteiger partial charge in [-0.3, -0.25) is 0 Å². The molecule has 2 aromatic heterocycles. The van der Waals surface area contributed by atoms with Crippen LogP contribution in [0.25, 0.3) is 99.3 Å². The molecule has 0 aliphatic rings. The zero-order chi connectivity index (χ0) is 40.3. The highest BCUT2D eigenvalue weighted by Crippen LogP contribution is 2.43. The highest BCUT2D eigenvalue weighted by atomic mass is 32.1. The maximum absolute atomic E-state index is 2.65. The number of unbranched alkanes of at least 4 members (excludes halogenated alkanes) is 5. The molecule has 0 spiro atoms. The van der Waals surface area contributed by atoms with E-state index >= 15 is 0 Å². The normalized spacial score (nSPS) is 12.1. The number of benzene rings is 8. The minimum atomic E-state index is 1.02. The monoisotopic (exact) mass is 791 g/mol. The zero-order valence-corrected chi connectivity index (χ0v) is 35.1. The van der Waals surface area contributed by atoms with Crippen molar-refractivity contribution < 1.29 is 0 Å². The average molecular weight is 792 g/mol. The minimum Gasteiger partial charge on any atom is -0.340 e. The number of hydrogen-bond acceptors (Lipinski definition) is 1. The fraction of sp³-hybridized carbons (Fsp3) is 0.138. The van der Waals surface area contributed by atoms with E-state index < -0.39 is 0 Å². The van der Waals surface area contributed by atoms with Crippen LogP contribution in [0.15, 0.2) is 170 Å².